The lowest BCUT2D eigenvalue weighted by molar-refractivity contribution is -0.706. The van der Waals surface area contributed by atoms with Crippen molar-refractivity contribution in [1.29, 1.82) is 0 Å². The molecule has 0 unspecified atom stereocenters. The SMILES string of the molecule is O=c1c(-c2ccccc2)c([O-])[n+](C/C=C/c2ccc(Cl)cc2)c2ccccn12. The average Bonchev–Trinajstić information content (AvgIpc) is 2.73. The summed E-state index contributed by atoms with van der Waals surface area (Å²) in [7, 11) is 0. The molecule has 0 radical (unpaired) electrons. The quantitative estimate of drug-likeness (QED) is 0.500. The number of pyridine rings is 1. The van der Waals surface area contributed by atoms with Crippen molar-refractivity contribution in [2.45, 2.75) is 6.54 Å². The molecule has 2 aromatic carbocycles. The molecule has 0 atom stereocenters. The molecule has 0 aliphatic rings. The van der Waals surface area contributed by atoms with Crippen LogP contribution in [0.4, 0.5) is 0 Å². The summed E-state index contributed by atoms with van der Waals surface area (Å²) in [4.78, 5) is 12.9. The van der Waals surface area contributed by atoms with Crippen LogP contribution in [0, 0.1) is 0 Å². The molecule has 0 saturated carbocycles. The van der Waals surface area contributed by atoms with Gasteiger partial charge in [-0.15, -0.1) is 0 Å². The number of hydrogen-bond acceptors (Lipinski definition) is 2. The number of aromatic nitrogens is 2. The first-order valence-corrected chi connectivity index (χ1v) is 9.25. The molecule has 28 heavy (non-hydrogen) atoms. The lowest BCUT2D eigenvalue weighted by Crippen LogP contribution is -2.43. The highest BCUT2D eigenvalue weighted by atomic mass is 35.5. The van der Waals surface area contributed by atoms with Crippen molar-refractivity contribution in [3.05, 3.63) is 106 Å². The summed E-state index contributed by atoms with van der Waals surface area (Å²) >= 11 is 5.92. The topological polar surface area (TPSA) is 48.4 Å². The van der Waals surface area contributed by atoms with Crippen LogP contribution in [0.25, 0.3) is 22.9 Å². The molecule has 0 aliphatic carbocycles. The molecule has 4 aromatic rings. The van der Waals surface area contributed by atoms with E-state index in [-0.39, 0.29) is 17.0 Å². The van der Waals surface area contributed by atoms with Crippen molar-refractivity contribution in [3.63, 3.8) is 0 Å². The zero-order valence-corrected chi connectivity index (χ0v) is 15.7. The van der Waals surface area contributed by atoms with Crippen molar-refractivity contribution in [2.24, 2.45) is 0 Å². The van der Waals surface area contributed by atoms with Gasteiger partial charge in [-0.2, -0.15) is 4.40 Å². The summed E-state index contributed by atoms with van der Waals surface area (Å²) in [5, 5.41) is 13.9. The van der Waals surface area contributed by atoms with Crippen LogP contribution in [-0.2, 0) is 6.54 Å². The van der Waals surface area contributed by atoms with E-state index in [2.05, 4.69) is 0 Å². The number of allylic oxidation sites excluding steroid dienone is 1. The molecule has 0 fully saturated rings. The highest BCUT2D eigenvalue weighted by molar-refractivity contribution is 6.30. The Labute approximate surface area is 167 Å². The highest BCUT2D eigenvalue weighted by Crippen LogP contribution is 2.21. The predicted molar refractivity (Wildman–Crippen MR) is 109 cm³/mol. The fraction of sp³-hybridized carbons (Fsp3) is 0.0435. The number of rotatable bonds is 4. The number of fused-ring (bicyclic) bond motifs is 1. The van der Waals surface area contributed by atoms with E-state index in [1.54, 1.807) is 35.0 Å². The van der Waals surface area contributed by atoms with Gasteiger partial charge < -0.3 is 5.11 Å². The van der Waals surface area contributed by atoms with Gasteiger partial charge in [0.05, 0.1) is 12.1 Å². The van der Waals surface area contributed by atoms with Gasteiger partial charge in [-0.05, 0) is 35.4 Å². The van der Waals surface area contributed by atoms with Crippen molar-refractivity contribution in [1.82, 2.24) is 4.40 Å². The molecule has 0 spiro atoms. The molecule has 0 N–H and O–H groups in total. The van der Waals surface area contributed by atoms with Crippen molar-refractivity contribution >= 4 is 23.3 Å². The molecule has 0 saturated heterocycles. The molecule has 4 rings (SSSR count). The van der Waals surface area contributed by atoms with E-state index in [4.69, 9.17) is 11.6 Å². The molecule has 0 amide bonds. The molecular formula is C23H17ClN2O2. The van der Waals surface area contributed by atoms with Crippen LogP contribution in [0.3, 0.4) is 0 Å². The van der Waals surface area contributed by atoms with Crippen LogP contribution in [0.2, 0.25) is 5.02 Å². The van der Waals surface area contributed by atoms with Crippen molar-refractivity contribution in [2.75, 3.05) is 0 Å². The third kappa shape index (κ3) is 3.42. The van der Waals surface area contributed by atoms with Crippen LogP contribution >= 0.6 is 11.6 Å². The van der Waals surface area contributed by atoms with Gasteiger partial charge in [0.15, 0.2) is 0 Å². The Balaban J connectivity index is 1.83. The van der Waals surface area contributed by atoms with E-state index in [0.29, 0.717) is 22.8 Å². The minimum atomic E-state index is -0.315. The molecule has 0 aliphatic heterocycles. The van der Waals surface area contributed by atoms with Gasteiger partial charge >= 0.3 is 5.56 Å². The second-order valence-corrected chi connectivity index (χ2v) is 6.78. The first kappa shape index (κ1) is 18.0. The second-order valence-electron chi connectivity index (χ2n) is 6.34. The summed E-state index contributed by atoms with van der Waals surface area (Å²) in [5.41, 5.74) is 2.01. The van der Waals surface area contributed by atoms with Gasteiger partial charge in [0, 0.05) is 11.1 Å². The molecular weight excluding hydrogens is 372 g/mol. The number of benzene rings is 2. The zero-order chi connectivity index (χ0) is 19.5. The Bertz CT molecular complexity index is 1210. The summed E-state index contributed by atoms with van der Waals surface area (Å²) in [6.45, 7) is 0.342. The maximum atomic E-state index is 13.2. The minimum Gasteiger partial charge on any atom is -0.842 e. The van der Waals surface area contributed by atoms with Gasteiger partial charge in [0.2, 0.25) is 0 Å². The Morgan fingerprint density at radius 1 is 0.964 bits per heavy atom. The van der Waals surface area contributed by atoms with Gasteiger partial charge in [0.1, 0.15) is 12.1 Å². The fourth-order valence-electron chi connectivity index (χ4n) is 3.17. The summed E-state index contributed by atoms with van der Waals surface area (Å²) in [6.07, 6.45) is 5.51. The number of nitrogens with zero attached hydrogens (tertiary/aromatic N) is 2. The lowest BCUT2D eigenvalue weighted by Gasteiger charge is -2.16. The summed E-state index contributed by atoms with van der Waals surface area (Å²) < 4.78 is 3.12. The Kier molecular flexibility index (Phi) is 4.96. The van der Waals surface area contributed by atoms with Gasteiger partial charge in [-0.3, -0.25) is 0 Å². The van der Waals surface area contributed by atoms with Crippen LogP contribution < -0.4 is 15.2 Å². The first-order valence-electron chi connectivity index (χ1n) is 8.87. The van der Waals surface area contributed by atoms with Gasteiger partial charge in [0.25, 0.3) is 5.65 Å². The smallest absolute Gasteiger partial charge is 0.349 e. The molecule has 4 nitrogen and oxygen atoms in total. The Morgan fingerprint density at radius 3 is 2.43 bits per heavy atom. The minimum absolute atomic E-state index is 0.171. The summed E-state index contributed by atoms with van der Waals surface area (Å²) in [6, 6.07) is 21.9. The molecule has 2 aromatic heterocycles. The second kappa shape index (κ2) is 7.71. The van der Waals surface area contributed by atoms with E-state index < -0.39 is 0 Å². The third-order valence-electron chi connectivity index (χ3n) is 4.54. The van der Waals surface area contributed by atoms with Crippen molar-refractivity contribution < 1.29 is 9.67 Å². The maximum Gasteiger partial charge on any atom is 0.349 e. The van der Waals surface area contributed by atoms with Crippen LogP contribution in [0.15, 0.2) is 89.9 Å². The lowest BCUT2D eigenvalue weighted by atomic mass is 10.1. The monoisotopic (exact) mass is 388 g/mol. The van der Waals surface area contributed by atoms with E-state index in [1.807, 2.05) is 60.7 Å². The van der Waals surface area contributed by atoms with Crippen LogP contribution in [0.5, 0.6) is 5.88 Å². The highest BCUT2D eigenvalue weighted by Gasteiger charge is 2.18. The van der Waals surface area contributed by atoms with Gasteiger partial charge in [-0.25, -0.2) is 9.36 Å². The fourth-order valence-corrected chi connectivity index (χ4v) is 3.30. The normalized spacial score (nSPS) is 11.3. The standard InChI is InChI=1S/C23H17ClN2O2/c24-19-13-11-17(12-14-19)7-6-16-26-20-10-4-5-15-25(20)22(27)21(23(26)28)18-8-2-1-3-9-18/h1-15H,16H2/b7-6+. The first-order chi connectivity index (χ1) is 13.6. The van der Waals surface area contributed by atoms with Crippen molar-refractivity contribution in [3.8, 4) is 17.0 Å². The molecule has 2 heterocycles. The average molecular weight is 389 g/mol. The molecule has 5 heteroatoms. The van der Waals surface area contributed by atoms with Gasteiger partial charge in [-0.1, -0.05) is 66.2 Å². The van der Waals surface area contributed by atoms with E-state index in [9.17, 15) is 9.90 Å². The van der Waals surface area contributed by atoms with Crippen LogP contribution in [0.1, 0.15) is 5.56 Å². The van der Waals surface area contributed by atoms with Crippen LogP contribution in [-0.4, -0.2) is 4.40 Å². The zero-order valence-electron chi connectivity index (χ0n) is 15.0. The van der Waals surface area contributed by atoms with E-state index in [1.165, 1.54) is 4.40 Å². The summed E-state index contributed by atoms with van der Waals surface area (Å²) in [5.74, 6) is -0.303. The largest absolute Gasteiger partial charge is 0.842 e. The predicted octanol–water partition coefficient (Wildman–Crippen LogP) is 3.69. The third-order valence-corrected chi connectivity index (χ3v) is 4.79. The maximum absolute atomic E-state index is 13.2. The number of halogens is 1. The number of hydrogen-bond donors (Lipinski definition) is 0. The van der Waals surface area contributed by atoms with E-state index in [0.717, 1.165) is 5.56 Å². The Morgan fingerprint density at radius 2 is 1.68 bits per heavy atom. The van der Waals surface area contributed by atoms with E-state index >= 15 is 0 Å². The Hall–Kier alpha value is -3.37. The molecule has 138 valence electrons. The molecule has 0 bridgehead atoms.